The highest BCUT2D eigenvalue weighted by atomic mass is 15.2. The zero-order valence-corrected chi connectivity index (χ0v) is 10.9. The molecule has 0 aromatic carbocycles. The Morgan fingerprint density at radius 2 is 2.06 bits per heavy atom. The van der Waals surface area contributed by atoms with Gasteiger partial charge in [-0.1, -0.05) is 13.3 Å². The molecule has 0 saturated carbocycles. The summed E-state index contributed by atoms with van der Waals surface area (Å²) in [6, 6.07) is 0.440. The predicted octanol–water partition coefficient (Wildman–Crippen LogP) is 2.32. The highest BCUT2D eigenvalue weighted by Crippen LogP contribution is 2.24. The molecule has 1 heterocycles. The second-order valence-corrected chi connectivity index (χ2v) is 4.23. The van der Waals surface area contributed by atoms with Crippen LogP contribution in [-0.4, -0.2) is 30.1 Å². The largest absolute Gasteiger partial charge is 0.373 e. The number of nitrogens with one attached hydrogen (secondary N) is 1. The van der Waals surface area contributed by atoms with Crippen LogP contribution in [0, 0.1) is 0 Å². The molecule has 4 heteroatoms. The molecule has 1 rings (SSSR count). The molecule has 1 aromatic heterocycles. The summed E-state index contributed by atoms with van der Waals surface area (Å²) in [5.41, 5.74) is 1.21. The zero-order chi connectivity index (χ0) is 12.1. The fourth-order valence-corrected chi connectivity index (χ4v) is 1.65. The summed E-state index contributed by atoms with van der Waals surface area (Å²) in [6.07, 6.45) is 3.73. The second kappa shape index (κ2) is 5.68. The van der Waals surface area contributed by atoms with Gasteiger partial charge in [-0.25, -0.2) is 9.97 Å². The molecule has 1 N–H and O–H groups in total. The van der Waals surface area contributed by atoms with E-state index in [9.17, 15) is 0 Å². The average Bonchev–Trinajstić information content (AvgIpc) is 2.28. The van der Waals surface area contributed by atoms with Gasteiger partial charge in [-0.2, -0.15) is 0 Å². The fourth-order valence-electron chi connectivity index (χ4n) is 1.65. The molecule has 90 valence electrons. The maximum Gasteiger partial charge on any atom is 0.137 e. The lowest BCUT2D eigenvalue weighted by molar-refractivity contribution is 0.731. The van der Waals surface area contributed by atoms with Gasteiger partial charge in [-0.3, -0.25) is 0 Å². The molecule has 4 nitrogen and oxygen atoms in total. The topological polar surface area (TPSA) is 41.1 Å². The van der Waals surface area contributed by atoms with Crippen molar-refractivity contribution in [1.82, 2.24) is 9.97 Å². The Morgan fingerprint density at radius 1 is 1.38 bits per heavy atom. The van der Waals surface area contributed by atoms with Gasteiger partial charge in [0.2, 0.25) is 0 Å². The molecule has 0 bridgehead atoms. The second-order valence-electron chi connectivity index (χ2n) is 4.23. The van der Waals surface area contributed by atoms with Gasteiger partial charge in [0.25, 0.3) is 0 Å². The maximum atomic E-state index is 4.40. The fraction of sp³-hybridized carbons (Fsp3) is 0.667. The van der Waals surface area contributed by atoms with E-state index in [-0.39, 0.29) is 0 Å². The average molecular weight is 222 g/mol. The van der Waals surface area contributed by atoms with Crippen LogP contribution < -0.4 is 10.2 Å². The van der Waals surface area contributed by atoms with Crippen LogP contribution in [0.4, 0.5) is 11.6 Å². The third kappa shape index (κ3) is 2.62. The van der Waals surface area contributed by atoms with E-state index in [0.717, 1.165) is 24.5 Å². The van der Waals surface area contributed by atoms with Gasteiger partial charge < -0.3 is 10.2 Å². The first-order valence-electron chi connectivity index (χ1n) is 5.86. The minimum Gasteiger partial charge on any atom is -0.373 e. The van der Waals surface area contributed by atoms with Gasteiger partial charge in [0.15, 0.2) is 0 Å². The van der Waals surface area contributed by atoms with Crippen molar-refractivity contribution in [2.75, 3.05) is 24.3 Å². The lowest BCUT2D eigenvalue weighted by Gasteiger charge is -2.25. The van der Waals surface area contributed by atoms with Gasteiger partial charge in [-0.05, 0) is 20.3 Å². The van der Waals surface area contributed by atoms with E-state index in [0.29, 0.717) is 6.04 Å². The van der Waals surface area contributed by atoms with Gasteiger partial charge in [0, 0.05) is 25.7 Å². The normalized spacial score (nSPS) is 10.6. The van der Waals surface area contributed by atoms with Crippen LogP contribution in [0.1, 0.15) is 32.8 Å². The Hall–Kier alpha value is -1.32. The van der Waals surface area contributed by atoms with Crippen LogP contribution in [0.5, 0.6) is 0 Å². The molecule has 0 fully saturated rings. The number of hydrogen-bond donors (Lipinski definition) is 1. The lowest BCUT2D eigenvalue weighted by atomic mass is 10.1. The first-order valence-corrected chi connectivity index (χ1v) is 5.86. The SMILES string of the molecule is CCCc1c(NC)ncnc1N(C)C(C)C. The molecule has 0 amide bonds. The van der Waals surface area contributed by atoms with Gasteiger partial charge in [0.1, 0.15) is 18.0 Å². The number of aromatic nitrogens is 2. The first kappa shape index (κ1) is 12.7. The summed E-state index contributed by atoms with van der Waals surface area (Å²) in [4.78, 5) is 10.9. The third-order valence-electron chi connectivity index (χ3n) is 2.77. The molecule has 0 unspecified atom stereocenters. The van der Waals surface area contributed by atoms with Gasteiger partial charge >= 0.3 is 0 Å². The summed E-state index contributed by atoms with van der Waals surface area (Å²) < 4.78 is 0. The van der Waals surface area contributed by atoms with Crippen molar-refractivity contribution in [2.24, 2.45) is 0 Å². The highest BCUT2D eigenvalue weighted by molar-refractivity contribution is 5.58. The molecule has 0 radical (unpaired) electrons. The number of nitrogens with zero attached hydrogens (tertiary/aromatic N) is 3. The Balaban J connectivity index is 3.15. The highest BCUT2D eigenvalue weighted by Gasteiger charge is 2.15. The standard InChI is InChI=1S/C12H22N4/c1-6-7-10-11(13-4)14-8-15-12(10)16(5)9(2)3/h8-9H,6-7H2,1-5H3,(H,13,14,15). The Labute approximate surface area is 98.1 Å². The Morgan fingerprint density at radius 3 is 2.56 bits per heavy atom. The molecular weight excluding hydrogens is 200 g/mol. The maximum absolute atomic E-state index is 4.40. The zero-order valence-electron chi connectivity index (χ0n) is 10.9. The van der Waals surface area contributed by atoms with Crippen molar-refractivity contribution >= 4 is 11.6 Å². The lowest BCUT2D eigenvalue weighted by Crippen LogP contribution is -2.28. The minimum atomic E-state index is 0.440. The van der Waals surface area contributed by atoms with Crippen LogP contribution >= 0.6 is 0 Å². The summed E-state index contributed by atoms with van der Waals surface area (Å²) in [6.45, 7) is 6.50. The molecule has 0 atom stereocenters. The van der Waals surface area contributed by atoms with Crippen LogP contribution in [0.3, 0.4) is 0 Å². The number of rotatable bonds is 5. The van der Waals surface area contributed by atoms with E-state index in [1.807, 2.05) is 7.05 Å². The Kier molecular flexibility index (Phi) is 4.52. The summed E-state index contributed by atoms with van der Waals surface area (Å²) >= 11 is 0. The van der Waals surface area contributed by atoms with E-state index < -0.39 is 0 Å². The van der Waals surface area contributed by atoms with Gasteiger partial charge in [-0.15, -0.1) is 0 Å². The van der Waals surface area contributed by atoms with E-state index in [1.54, 1.807) is 6.33 Å². The summed E-state index contributed by atoms with van der Waals surface area (Å²) in [5, 5.41) is 3.14. The van der Waals surface area contributed by atoms with Crippen molar-refractivity contribution in [1.29, 1.82) is 0 Å². The third-order valence-corrected chi connectivity index (χ3v) is 2.77. The molecule has 0 spiro atoms. The van der Waals surface area contributed by atoms with Crippen LogP contribution in [0.25, 0.3) is 0 Å². The molecule has 0 aliphatic heterocycles. The first-order chi connectivity index (χ1) is 7.61. The van der Waals surface area contributed by atoms with E-state index >= 15 is 0 Å². The van der Waals surface area contributed by atoms with Gasteiger partial charge in [0.05, 0.1) is 0 Å². The molecule has 0 aliphatic carbocycles. The van der Waals surface area contributed by atoms with Crippen LogP contribution in [-0.2, 0) is 6.42 Å². The molecule has 16 heavy (non-hydrogen) atoms. The predicted molar refractivity (Wildman–Crippen MR) is 69.1 cm³/mol. The van der Waals surface area contributed by atoms with Crippen molar-refractivity contribution in [3.63, 3.8) is 0 Å². The van der Waals surface area contributed by atoms with Crippen molar-refractivity contribution in [3.05, 3.63) is 11.9 Å². The number of anilines is 2. The Bertz CT molecular complexity index is 336. The number of hydrogen-bond acceptors (Lipinski definition) is 4. The van der Waals surface area contributed by atoms with Crippen LogP contribution in [0.15, 0.2) is 6.33 Å². The van der Waals surface area contributed by atoms with E-state index in [4.69, 9.17) is 0 Å². The van der Waals surface area contributed by atoms with E-state index in [1.165, 1.54) is 5.56 Å². The summed E-state index contributed by atoms with van der Waals surface area (Å²) in [5.74, 6) is 1.98. The van der Waals surface area contributed by atoms with Crippen LogP contribution in [0.2, 0.25) is 0 Å². The minimum absolute atomic E-state index is 0.440. The molecule has 1 aromatic rings. The van der Waals surface area contributed by atoms with Crippen molar-refractivity contribution < 1.29 is 0 Å². The molecule has 0 saturated heterocycles. The van der Waals surface area contributed by atoms with E-state index in [2.05, 4.69) is 48.0 Å². The molecule has 0 aliphatic rings. The van der Waals surface area contributed by atoms with Crippen molar-refractivity contribution in [3.8, 4) is 0 Å². The van der Waals surface area contributed by atoms with Crippen molar-refractivity contribution in [2.45, 2.75) is 39.7 Å². The smallest absolute Gasteiger partial charge is 0.137 e. The summed E-state index contributed by atoms with van der Waals surface area (Å²) in [7, 11) is 3.98. The molecular formula is C12H22N4. The quantitative estimate of drug-likeness (QED) is 0.830. The monoisotopic (exact) mass is 222 g/mol.